The number of rotatable bonds is 10. The first-order valence-corrected chi connectivity index (χ1v) is 9.89. The van der Waals surface area contributed by atoms with E-state index in [1.807, 2.05) is 24.3 Å². The SMILES string of the molecule is O=C(O)COCCNC(=O)/C=C/CNC(=O)OCC1c2ccccc2-c2ccccc21. The monoisotopic (exact) mass is 424 g/mol. The van der Waals surface area contributed by atoms with Gasteiger partial charge in [0.1, 0.15) is 13.2 Å². The standard InChI is InChI=1S/C23H24N2O6/c26-21(24-12-13-30-15-22(27)28)10-5-11-25-23(29)31-14-20-18-8-3-1-6-16(18)17-7-2-4-9-19(17)20/h1-10,20H,11-15H2,(H,24,26)(H,25,29)(H,27,28)/b10-5+. The molecule has 8 nitrogen and oxygen atoms in total. The second kappa shape index (κ2) is 10.9. The van der Waals surface area contributed by atoms with Gasteiger partial charge in [0, 0.05) is 25.1 Å². The van der Waals surface area contributed by atoms with Crippen molar-refractivity contribution >= 4 is 18.0 Å². The lowest BCUT2D eigenvalue weighted by molar-refractivity contribution is -0.142. The molecule has 0 heterocycles. The summed E-state index contributed by atoms with van der Waals surface area (Å²) in [5, 5.41) is 13.5. The number of carbonyl (C=O) groups is 3. The largest absolute Gasteiger partial charge is 0.480 e. The number of carbonyl (C=O) groups excluding carboxylic acids is 2. The first-order chi connectivity index (χ1) is 15.1. The van der Waals surface area contributed by atoms with Crippen molar-refractivity contribution in [3.8, 4) is 11.1 Å². The van der Waals surface area contributed by atoms with E-state index >= 15 is 0 Å². The van der Waals surface area contributed by atoms with Gasteiger partial charge < -0.3 is 25.2 Å². The van der Waals surface area contributed by atoms with Crippen molar-refractivity contribution < 1.29 is 29.0 Å². The van der Waals surface area contributed by atoms with E-state index in [-0.39, 0.29) is 38.1 Å². The van der Waals surface area contributed by atoms with Crippen LogP contribution in [0.2, 0.25) is 0 Å². The second-order valence-electron chi connectivity index (χ2n) is 6.85. The highest BCUT2D eigenvalue weighted by molar-refractivity contribution is 5.87. The summed E-state index contributed by atoms with van der Waals surface area (Å²) in [6.07, 6.45) is 2.21. The first kappa shape index (κ1) is 22.0. The number of benzene rings is 2. The van der Waals surface area contributed by atoms with Gasteiger partial charge in [0.2, 0.25) is 5.91 Å². The lowest BCUT2D eigenvalue weighted by Gasteiger charge is -2.14. The molecular formula is C23H24N2O6. The zero-order valence-electron chi connectivity index (χ0n) is 16.9. The Hall–Kier alpha value is -3.65. The Morgan fingerprint density at radius 3 is 2.26 bits per heavy atom. The molecule has 0 radical (unpaired) electrons. The average Bonchev–Trinajstić information content (AvgIpc) is 3.08. The van der Waals surface area contributed by atoms with Gasteiger partial charge in [0.15, 0.2) is 0 Å². The van der Waals surface area contributed by atoms with Gasteiger partial charge >= 0.3 is 12.1 Å². The van der Waals surface area contributed by atoms with Gasteiger partial charge in [-0.2, -0.15) is 0 Å². The minimum Gasteiger partial charge on any atom is -0.480 e. The van der Waals surface area contributed by atoms with Gasteiger partial charge in [-0.3, -0.25) is 4.79 Å². The summed E-state index contributed by atoms with van der Waals surface area (Å²) in [6, 6.07) is 16.2. The van der Waals surface area contributed by atoms with E-state index < -0.39 is 18.7 Å². The highest BCUT2D eigenvalue weighted by atomic mass is 16.5. The van der Waals surface area contributed by atoms with Crippen LogP contribution in [0.1, 0.15) is 17.0 Å². The number of carboxylic acids is 1. The van der Waals surface area contributed by atoms with Crippen molar-refractivity contribution in [3.05, 3.63) is 71.8 Å². The molecule has 0 aliphatic heterocycles. The molecular weight excluding hydrogens is 400 g/mol. The molecule has 162 valence electrons. The number of carboxylic acid groups (broad SMARTS) is 1. The Morgan fingerprint density at radius 2 is 1.61 bits per heavy atom. The van der Waals surface area contributed by atoms with Crippen LogP contribution < -0.4 is 10.6 Å². The molecule has 0 spiro atoms. The fourth-order valence-electron chi connectivity index (χ4n) is 3.42. The Balaban J connectivity index is 1.39. The van der Waals surface area contributed by atoms with Crippen LogP contribution in [-0.4, -0.2) is 56.0 Å². The van der Waals surface area contributed by atoms with Crippen molar-refractivity contribution in [3.63, 3.8) is 0 Å². The molecule has 1 aliphatic carbocycles. The Morgan fingerprint density at radius 1 is 0.968 bits per heavy atom. The Labute approximate surface area is 179 Å². The number of hydrogen-bond acceptors (Lipinski definition) is 5. The molecule has 3 rings (SSSR count). The summed E-state index contributed by atoms with van der Waals surface area (Å²) >= 11 is 0. The fourth-order valence-corrected chi connectivity index (χ4v) is 3.42. The number of aliphatic carboxylic acids is 1. The van der Waals surface area contributed by atoms with Crippen molar-refractivity contribution in [2.45, 2.75) is 5.92 Å². The van der Waals surface area contributed by atoms with Gasteiger partial charge in [-0.15, -0.1) is 0 Å². The van der Waals surface area contributed by atoms with Crippen molar-refractivity contribution in [1.29, 1.82) is 0 Å². The summed E-state index contributed by atoms with van der Waals surface area (Å²) in [5.41, 5.74) is 4.60. The normalized spacial score (nSPS) is 12.3. The summed E-state index contributed by atoms with van der Waals surface area (Å²) in [6.45, 7) is 0.246. The summed E-state index contributed by atoms with van der Waals surface area (Å²) < 4.78 is 10.2. The van der Waals surface area contributed by atoms with Gasteiger partial charge in [0.05, 0.1) is 6.61 Å². The molecule has 2 aromatic carbocycles. The molecule has 0 unspecified atom stereocenters. The fraction of sp³-hybridized carbons (Fsp3) is 0.261. The number of alkyl carbamates (subject to hydrolysis) is 1. The topological polar surface area (TPSA) is 114 Å². The van der Waals surface area contributed by atoms with Gasteiger partial charge in [-0.1, -0.05) is 54.6 Å². The van der Waals surface area contributed by atoms with Crippen LogP contribution in [0.25, 0.3) is 11.1 Å². The van der Waals surface area contributed by atoms with Crippen molar-refractivity contribution in [1.82, 2.24) is 10.6 Å². The zero-order chi connectivity index (χ0) is 22.1. The first-order valence-electron chi connectivity index (χ1n) is 9.89. The number of amides is 2. The third kappa shape index (κ3) is 6.16. The van der Waals surface area contributed by atoms with Crippen LogP contribution >= 0.6 is 0 Å². The lowest BCUT2D eigenvalue weighted by atomic mass is 9.98. The van der Waals surface area contributed by atoms with E-state index in [9.17, 15) is 14.4 Å². The van der Waals surface area contributed by atoms with Crippen LogP contribution in [0.4, 0.5) is 4.79 Å². The highest BCUT2D eigenvalue weighted by Crippen LogP contribution is 2.44. The number of hydrogen-bond donors (Lipinski definition) is 3. The van der Waals surface area contributed by atoms with Gasteiger partial charge in [-0.05, 0) is 22.3 Å². The lowest BCUT2D eigenvalue weighted by Crippen LogP contribution is -2.28. The second-order valence-corrected chi connectivity index (χ2v) is 6.85. The number of ether oxygens (including phenoxy) is 2. The van der Waals surface area contributed by atoms with E-state index in [0.717, 1.165) is 22.3 Å². The predicted molar refractivity (Wildman–Crippen MR) is 114 cm³/mol. The maximum absolute atomic E-state index is 12.0. The Kier molecular flexibility index (Phi) is 7.78. The molecule has 0 bridgehead atoms. The molecule has 0 saturated heterocycles. The average molecular weight is 424 g/mol. The maximum atomic E-state index is 12.0. The van der Waals surface area contributed by atoms with Gasteiger partial charge in [0.25, 0.3) is 0 Å². The van der Waals surface area contributed by atoms with E-state index in [1.54, 1.807) is 0 Å². The molecule has 1 aliphatic rings. The molecule has 0 fully saturated rings. The predicted octanol–water partition coefficient (Wildman–Crippen LogP) is 2.30. The molecule has 0 saturated carbocycles. The van der Waals surface area contributed by atoms with Gasteiger partial charge in [-0.25, -0.2) is 9.59 Å². The molecule has 0 atom stereocenters. The zero-order valence-corrected chi connectivity index (χ0v) is 16.9. The summed E-state index contributed by atoms with van der Waals surface area (Å²) in [5.74, 6) is -1.44. The van der Waals surface area contributed by atoms with Crippen LogP contribution in [-0.2, 0) is 19.1 Å². The van der Waals surface area contributed by atoms with Crippen molar-refractivity contribution in [2.75, 3.05) is 32.9 Å². The summed E-state index contributed by atoms with van der Waals surface area (Å²) in [4.78, 5) is 33.9. The third-order valence-corrected chi connectivity index (χ3v) is 4.75. The van der Waals surface area contributed by atoms with Crippen LogP contribution in [0.5, 0.6) is 0 Å². The molecule has 3 N–H and O–H groups in total. The number of fused-ring (bicyclic) bond motifs is 3. The van der Waals surface area contributed by atoms with E-state index in [4.69, 9.17) is 14.6 Å². The smallest absolute Gasteiger partial charge is 0.407 e. The highest BCUT2D eigenvalue weighted by Gasteiger charge is 2.28. The molecule has 0 aromatic heterocycles. The quantitative estimate of drug-likeness (QED) is 0.398. The minimum atomic E-state index is -1.06. The number of nitrogens with one attached hydrogen (secondary N) is 2. The molecule has 2 aromatic rings. The molecule has 8 heteroatoms. The van der Waals surface area contributed by atoms with Crippen LogP contribution in [0.3, 0.4) is 0 Å². The van der Waals surface area contributed by atoms with E-state index in [2.05, 4.69) is 34.9 Å². The van der Waals surface area contributed by atoms with Crippen LogP contribution in [0, 0.1) is 0 Å². The Bertz CT molecular complexity index is 927. The maximum Gasteiger partial charge on any atom is 0.407 e. The summed E-state index contributed by atoms with van der Waals surface area (Å²) in [7, 11) is 0. The van der Waals surface area contributed by atoms with E-state index in [1.165, 1.54) is 12.2 Å². The van der Waals surface area contributed by atoms with Crippen molar-refractivity contribution in [2.24, 2.45) is 0 Å². The molecule has 31 heavy (non-hydrogen) atoms. The minimum absolute atomic E-state index is 0.0113. The molecule has 2 amide bonds. The van der Waals surface area contributed by atoms with E-state index in [0.29, 0.717) is 0 Å². The van der Waals surface area contributed by atoms with Crippen LogP contribution in [0.15, 0.2) is 60.7 Å². The third-order valence-electron chi connectivity index (χ3n) is 4.75.